The molecule has 3 aliphatic rings. The maximum absolute atomic E-state index is 13.7. The predicted molar refractivity (Wildman–Crippen MR) is 371 cm³/mol. The first-order valence-electron chi connectivity index (χ1n) is 33.5. The number of rotatable bonds is 22. The number of benzene rings is 2. The van der Waals surface area contributed by atoms with Crippen molar-refractivity contribution in [2.75, 3.05) is 61.6 Å². The minimum Gasteiger partial charge on any atom is -0.466 e. The van der Waals surface area contributed by atoms with Crippen LogP contribution in [0.15, 0.2) is 82.3 Å². The molecule has 3 heterocycles. The second-order valence-corrected chi connectivity index (χ2v) is 32.1. The maximum atomic E-state index is 13.7. The smallest absolute Gasteiger partial charge is 0.305 e. The van der Waals surface area contributed by atoms with Gasteiger partial charge in [-0.3, -0.25) is 51.8 Å². The zero-order chi connectivity index (χ0) is 74.1. The molecule has 0 aromatic heterocycles. The number of fused-ring (bicyclic) bond motifs is 6. The molecule has 2 aromatic carbocycles. The van der Waals surface area contributed by atoms with Crippen LogP contribution in [0, 0.1) is 0 Å². The summed E-state index contributed by atoms with van der Waals surface area (Å²) in [4.78, 5) is 93.2. The number of hydrogen-bond acceptors (Lipinski definition) is 20. The third kappa shape index (κ3) is 26.4. The van der Waals surface area contributed by atoms with Gasteiger partial charge in [0.05, 0.1) is 34.2 Å². The van der Waals surface area contributed by atoms with Crippen LogP contribution in [-0.4, -0.2) is 187 Å². The molecule has 5 amide bonds. The van der Waals surface area contributed by atoms with Crippen LogP contribution in [0.25, 0.3) is 0 Å². The highest BCUT2D eigenvalue weighted by Crippen LogP contribution is 2.52. The van der Waals surface area contributed by atoms with E-state index in [4.69, 9.17) is 9.47 Å². The lowest BCUT2D eigenvalue weighted by Crippen LogP contribution is -2.60. The van der Waals surface area contributed by atoms with E-state index in [0.29, 0.717) is 131 Å². The standard InChI is InChI=1S/C65H95N7O23S5/c1-5-94-59(75)29-17-10-23-39-71-53-33-31-46(99(88,89)90)41-48(53)64(3)35-19-8-15-27-57(73)66-37-21-12-22-38-67-61(77)50(43-96(80)81)69-63(79)52(45-98(85,86)87)70-62(78)51(44-97(82,83)84)68-58(74)28-16-9-20-36-65(4)49-42-47(100(91,92)93)32-34-54(49)72(40-24-11-18-30-60(76)95-6-2)56(65)26-14-7-13-25-55(64)71/h7,13-14,25-26,31-34,41-42,50-52,96H,5-6,8-12,15-24,27-30,35-40,43-45H2,1-4H3,(H8-,66,67,68,69,70,73,74,77,78,79,82,83,84,85,86,87,88,89,90,91,92,93)/p+1. The van der Waals surface area contributed by atoms with E-state index in [-0.39, 0.29) is 92.5 Å². The lowest BCUT2D eigenvalue weighted by atomic mass is 9.75. The van der Waals surface area contributed by atoms with E-state index in [1.807, 2.05) is 47.6 Å². The Morgan fingerprint density at radius 3 is 1.67 bits per heavy atom. The van der Waals surface area contributed by atoms with Gasteiger partial charge in [-0.05, 0) is 140 Å². The Morgan fingerprint density at radius 1 is 0.580 bits per heavy atom. The highest BCUT2D eigenvalue weighted by molar-refractivity contribution is 7.86. The summed E-state index contributed by atoms with van der Waals surface area (Å²) in [7, 11) is -23.2. The van der Waals surface area contributed by atoms with Gasteiger partial charge in [0, 0.05) is 86.2 Å². The van der Waals surface area contributed by atoms with Gasteiger partial charge in [0.1, 0.15) is 46.9 Å². The van der Waals surface area contributed by atoms with Crippen LogP contribution in [-0.2, 0) is 105 Å². The van der Waals surface area contributed by atoms with Crippen molar-refractivity contribution in [1.29, 1.82) is 0 Å². The molecule has 35 heteroatoms. The fourth-order valence-corrected chi connectivity index (χ4v) is 15.4. The van der Waals surface area contributed by atoms with E-state index in [1.165, 1.54) is 24.3 Å². The lowest BCUT2D eigenvalue weighted by Gasteiger charge is -2.30. The first-order chi connectivity index (χ1) is 47.0. The van der Waals surface area contributed by atoms with Crippen molar-refractivity contribution < 1.29 is 108 Å². The summed E-state index contributed by atoms with van der Waals surface area (Å²) >= 11 is 0. The quantitative estimate of drug-likeness (QED) is 0.0251. The molecule has 0 bridgehead atoms. The molecule has 0 saturated heterocycles. The van der Waals surface area contributed by atoms with E-state index in [1.54, 1.807) is 38.1 Å². The average molecular weight is 1500 g/mol. The van der Waals surface area contributed by atoms with E-state index >= 15 is 0 Å². The van der Waals surface area contributed by atoms with Crippen LogP contribution in [0.5, 0.6) is 0 Å². The van der Waals surface area contributed by atoms with Crippen LogP contribution in [0.3, 0.4) is 0 Å². The minimum absolute atomic E-state index is 0.0629. The highest BCUT2D eigenvalue weighted by atomic mass is 32.2. The van der Waals surface area contributed by atoms with Gasteiger partial charge in [-0.15, -0.1) is 0 Å². The molecule has 0 saturated carbocycles. The molecule has 30 nitrogen and oxygen atoms in total. The van der Waals surface area contributed by atoms with Crippen molar-refractivity contribution in [2.24, 2.45) is 0 Å². The number of hydrogen-bond donors (Lipinski definition) is 10. The number of unbranched alkanes of at least 4 members (excludes halogenated alkanes) is 4. The number of nitrogens with zero attached hydrogens (tertiary/aromatic N) is 2. The van der Waals surface area contributed by atoms with Crippen LogP contribution >= 0.6 is 0 Å². The number of carbonyl (C=O) groups is 7. The third-order valence-electron chi connectivity index (χ3n) is 17.5. The number of carbonyl (C=O) groups excluding carboxylic acids is 7. The number of esters is 2. The Morgan fingerprint density at radius 2 is 1.10 bits per heavy atom. The molecule has 9 N–H and O–H groups in total. The Balaban J connectivity index is 1.59. The van der Waals surface area contributed by atoms with Crippen LogP contribution < -0.4 is 31.5 Å². The van der Waals surface area contributed by atoms with Gasteiger partial charge in [-0.2, -0.15) is 38.2 Å². The zero-order valence-corrected chi connectivity index (χ0v) is 61.0. The second kappa shape index (κ2) is 38.9. The topological polar surface area (TPSA) is 456 Å². The highest BCUT2D eigenvalue weighted by Gasteiger charge is 2.48. The molecular formula is C65H96N7O23S5+. The molecule has 5 atom stereocenters. The maximum Gasteiger partial charge on any atom is 0.305 e. The Bertz CT molecular complexity index is 3940. The van der Waals surface area contributed by atoms with Crippen molar-refractivity contribution in [1.82, 2.24) is 26.6 Å². The number of amides is 5. The summed E-state index contributed by atoms with van der Waals surface area (Å²) in [5, 5.41) is 11.4. The van der Waals surface area contributed by atoms with Gasteiger partial charge in [0.25, 0.3) is 40.5 Å². The second-order valence-electron chi connectivity index (χ2n) is 25.3. The summed E-state index contributed by atoms with van der Waals surface area (Å²) < 4.78 is 176. The molecular weight excluding hydrogens is 1410 g/mol. The number of anilines is 1. The van der Waals surface area contributed by atoms with Crippen molar-refractivity contribution >= 4 is 110 Å². The summed E-state index contributed by atoms with van der Waals surface area (Å²) in [6.07, 6.45) is 17.0. The molecule has 5 rings (SSSR count). The van der Waals surface area contributed by atoms with Crippen LogP contribution in [0.1, 0.15) is 174 Å². The summed E-state index contributed by atoms with van der Waals surface area (Å²) in [5.74, 6) is -10.1. The van der Waals surface area contributed by atoms with Crippen molar-refractivity contribution in [3.63, 3.8) is 0 Å². The monoisotopic (exact) mass is 1500 g/mol. The predicted octanol–water partition coefficient (Wildman–Crippen LogP) is 4.72. The van der Waals surface area contributed by atoms with Crippen LogP contribution in [0.2, 0.25) is 0 Å². The van der Waals surface area contributed by atoms with E-state index in [0.717, 1.165) is 5.71 Å². The normalized spacial score (nSPS) is 23.3. The Labute approximate surface area is 587 Å². The van der Waals surface area contributed by atoms with E-state index in [9.17, 15) is 93.9 Å². The van der Waals surface area contributed by atoms with E-state index < -0.39 is 127 Å². The molecule has 558 valence electrons. The van der Waals surface area contributed by atoms with Gasteiger partial charge < -0.3 is 41.0 Å². The number of nitrogens with one attached hydrogen (secondary N) is 5. The molecule has 5 unspecified atom stereocenters. The SMILES string of the molecule is CCOC(=O)CCCCCN1\C2=C/C=C/C=C/C3=[N+](CCCCCC(=O)OCC)c4ccc(S(=O)(=O)O)cc4C3(C)CCCCCC(=O)NCCCCCNC(=O)C(C[SH](=O)=O)NC(=O)C(CS(=O)(=O)O)NC(=O)C(CS(=O)(=O)O)NC(=O)CCCCCC2(C)c2cc(S(=O)(=O)O)ccc21. The average Bonchev–Trinajstić information content (AvgIpc) is 1.59. The largest absolute Gasteiger partial charge is 0.466 e. The van der Waals surface area contributed by atoms with Gasteiger partial charge in [-0.1, -0.05) is 50.3 Å². The van der Waals surface area contributed by atoms with Crippen molar-refractivity contribution in [3.8, 4) is 0 Å². The summed E-state index contributed by atoms with van der Waals surface area (Å²) in [6.45, 7) is 8.76. The first-order valence-corrected chi connectivity index (χ1v) is 41.0. The zero-order valence-electron chi connectivity index (χ0n) is 56.8. The summed E-state index contributed by atoms with van der Waals surface area (Å²) in [6, 6.07) is 2.26. The fraction of sp³-hybridized carbons (Fsp3) is 0.600. The van der Waals surface area contributed by atoms with Gasteiger partial charge >= 0.3 is 11.9 Å². The minimum atomic E-state index is -5.19. The molecule has 0 fully saturated rings. The summed E-state index contributed by atoms with van der Waals surface area (Å²) in [5.41, 5.74) is 2.02. The van der Waals surface area contributed by atoms with Crippen molar-refractivity contribution in [3.05, 3.63) is 83.6 Å². The third-order valence-corrected chi connectivity index (χ3v) is 21.4. The molecule has 0 spiro atoms. The number of ether oxygens (including phenoxy) is 2. The first kappa shape index (κ1) is 83.7. The van der Waals surface area contributed by atoms with Gasteiger partial charge in [-0.25, -0.2) is 8.42 Å². The lowest BCUT2D eigenvalue weighted by molar-refractivity contribution is -0.438. The van der Waals surface area contributed by atoms with Crippen LogP contribution in [0.4, 0.5) is 11.4 Å². The molecule has 0 radical (unpaired) electrons. The molecule has 100 heavy (non-hydrogen) atoms. The fourth-order valence-electron chi connectivity index (χ4n) is 12.5. The molecule has 2 aromatic rings. The number of thiol groups is 1. The van der Waals surface area contributed by atoms with Gasteiger partial charge in [0.2, 0.25) is 35.2 Å². The van der Waals surface area contributed by atoms with Gasteiger partial charge in [0.15, 0.2) is 5.71 Å². The van der Waals surface area contributed by atoms with E-state index in [2.05, 4.69) is 20.5 Å². The molecule has 0 aliphatic carbocycles. The molecule has 3 aliphatic heterocycles. The Kier molecular flexibility index (Phi) is 32.5. The number of allylic oxidation sites excluding steroid dienone is 6. The van der Waals surface area contributed by atoms with Crippen molar-refractivity contribution in [2.45, 2.75) is 201 Å². The Hall–Kier alpha value is -6.99.